The second-order valence-corrected chi connectivity index (χ2v) is 13.7. The van der Waals surface area contributed by atoms with Crippen LogP contribution in [0.1, 0.15) is 63.4 Å². The number of hydrogen-bond donors (Lipinski definition) is 0. The highest BCUT2D eigenvalue weighted by atomic mass is 35.5. The Morgan fingerprint density at radius 1 is 0.825 bits per heavy atom. The van der Waals surface area contributed by atoms with Crippen molar-refractivity contribution in [2.45, 2.75) is 87.2 Å². The average molecular weight is 588 g/mol. The molecular weight excluding hydrogens is 546 g/mol. The van der Waals surface area contributed by atoms with Crippen molar-refractivity contribution in [3.63, 3.8) is 0 Å². The van der Waals surface area contributed by atoms with Gasteiger partial charge in [-0.05, 0) is 68.4 Å². The van der Waals surface area contributed by atoms with Gasteiger partial charge < -0.3 is 9.64 Å². The smallest absolute Gasteiger partial charge is 0.409 e. The minimum atomic E-state index is -3.81. The number of rotatable bonds is 8. The summed E-state index contributed by atoms with van der Waals surface area (Å²) in [7, 11) is -3.81. The number of carbonyl (C=O) groups excluding carboxylic acids is 1. The molecule has 0 N–H and O–H groups in total. The standard InChI is InChI=1S/C31H42ClN3O4S/c32-26-15-18-30(19-16-26)40(37,38)35-28(17-14-25-8-3-1-4-9-25)12-7-13-29(35)24-39-31(36)34-22-20-33(21-23-34)27-10-5-2-6-11-27/h1,3-4,8-9,15-16,18-19,27-29H,2,5-7,10-14,17,20-24H2/t28-,29+/m0/s1. The molecule has 0 spiro atoms. The predicted octanol–water partition coefficient (Wildman–Crippen LogP) is 5.97. The van der Waals surface area contributed by atoms with Crippen LogP contribution in [0.5, 0.6) is 0 Å². The number of piperazine rings is 1. The summed E-state index contributed by atoms with van der Waals surface area (Å²) >= 11 is 6.06. The van der Waals surface area contributed by atoms with E-state index < -0.39 is 16.1 Å². The van der Waals surface area contributed by atoms with Crippen LogP contribution in [0.3, 0.4) is 0 Å². The normalized spacial score (nSPS) is 23.7. The fourth-order valence-corrected chi connectivity index (χ4v) is 8.65. The van der Waals surface area contributed by atoms with Gasteiger partial charge in [0.05, 0.1) is 10.9 Å². The summed E-state index contributed by atoms with van der Waals surface area (Å²) in [5, 5.41) is 0.493. The lowest BCUT2D eigenvalue weighted by Crippen LogP contribution is -2.54. The number of carbonyl (C=O) groups is 1. The van der Waals surface area contributed by atoms with Crippen LogP contribution in [0.25, 0.3) is 0 Å². The first-order chi connectivity index (χ1) is 19.4. The van der Waals surface area contributed by atoms with Crippen LogP contribution in [-0.4, -0.2) is 79.5 Å². The SMILES string of the molecule is O=C(OC[C@H]1CCC[C@@H](CCc2ccccc2)N1S(=O)(=O)c1ccc(Cl)cc1)N1CCN(C2CCCCC2)CC1. The first-order valence-corrected chi connectivity index (χ1v) is 16.7. The molecule has 0 aromatic heterocycles. The minimum absolute atomic E-state index is 0.0658. The predicted molar refractivity (Wildman–Crippen MR) is 158 cm³/mol. The van der Waals surface area contributed by atoms with Gasteiger partial charge in [0, 0.05) is 43.3 Å². The zero-order valence-corrected chi connectivity index (χ0v) is 24.9. The molecule has 1 aliphatic carbocycles. The summed E-state index contributed by atoms with van der Waals surface area (Å²) in [6.45, 7) is 3.14. The van der Waals surface area contributed by atoms with E-state index in [1.165, 1.54) is 37.7 Å². The lowest BCUT2D eigenvalue weighted by atomic mass is 9.94. The van der Waals surface area contributed by atoms with E-state index in [0.717, 1.165) is 32.4 Å². The van der Waals surface area contributed by atoms with Crippen molar-refractivity contribution in [2.75, 3.05) is 32.8 Å². The van der Waals surface area contributed by atoms with Gasteiger partial charge >= 0.3 is 6.09 Å². The molecule has 1 amide bonds. The zero-order chi connectivity index (χ0) is 28.0. The topological polar surface area (TPSA) is 70.2 Å². The quantitative estimate of drug-likeness (QED) is 0.380. The van der Waals surface area contributed by atoms with Gasteiger partial charge in [-0.1, -0.05) is 67.6 Å². The molecule has 2 aliphatic heterocycles. The van der Waals surface area contributed by atoms with Crippen molar-refractivity contribution >= 4 is 27.7 Å². The van der Waals surface area contributed by atoms with Crippen LogP contribution < -0.4 is 0 Å². The van der Waals surface area contributed by atoms with E-state index in [1.807, 2.05) is 18.2 Å². The second kappa shape index (κ2) is 13.7. The fraction of sp³-hybridized carbons (Fsp3) is 0.581. The molecule has 1 saturated carbocycles. The molecule has 0 bridgehead atoms. The number of amides is 1. The van der Waals surface area contributed by atoms with Gasteiger partial charge in [0.15, 0.2) is 0 Å². The molecule has 2 aromatic carbocycles. The largest absolute Gasteiger partial charge is 0.448 e. The molecule has 2 saturated heterocycles. The summed E-state index contributed by atoms with van der Waals surface area (Å²) in [5.41, 5.74) is 1.19. The van der Waals surface area contributed by atoms with E-state index in [0.29, 0.717) is 37.0 Å². The second-order valence-electron chi connectivity index (χ2n) is 11.4. The third-order valence-electron chi connectivity index (χ3n) is 8.86. The number of hydrogen-bond acceptors (Lipinski definition) is 5. The van der Waals surface area contributed by atoms with Gasteiger partial charge in [0.1, 0.15) is 6.61 Å². The Morgan fingerprint density at radius 2 is 1.50 bits per heavy atom. The van der Waals surface area contributed by atoms with Crippen LogP contribution >= 0.6 is 11.6 Å². The van der Waals surface area contributed by atoms with Crippen molar-refractivity contribution in [2.24, 2.45) is 0 Å². The number of sulfonamides is 1. The number of benzene rings is 2. The summed E-state index contributed by atoms with van der Waals surface area (Å²) in [4.78, 5) is 17.6. The molecule has 0 unspecified atom stereocenters. The summed E-state index contributed by atoms with van der Waals surface area (Å²) in [5.74, 6) is 0. The fourth-order valence-electron chi connectivity index (χ4n) is 6.64. The third kappa shape index (κ3) is 7.19. The van der Waals surface area contributed by atoms with Crippen LogP contribution in [0.15, 0.2) is 59.5 Å². The first-order valence-electron chi connectivity index (χ1n) is 14.9. The van der Waals surface area contributed by atoms with Gasteiger partial charge in [-0.3, -0.25) is 4.90 Å². The van der Waals surface area contributed by atoms with Crippen LogP contribution in [-0.2, 0) is 21.2 Å². The number of halogens is 1. The molecule has 2 heterocycles. The molecule has 2 atom stereocenters. The number of piperidine rings is 1. The van der Waals surface area contributed by atoms with Crippen LogP contribution in [0.2, 0.25) is 5.02 Å². The van der Waals surface area contributed by atoms with Gasteiger partial charge in [0.25, 0.3) is 0 Å². The molecule has 3 aliphatic rings. The molecule has 5 rings (SSSR count). The monoisotopic (exact) mass is 587 g/mol. The maximum absolute atomic E-state index is 14.0. The van der Waals surface area contributed by atoms with Crippen LogP contribution in [0, 0.1) is 0 Å². The lowest BCUT2D eigenvalue weighted by Gasteiger charge is -2.42. The summed E-state index contributed by atoms with van der Waals surface area (Å²) < 4.78 is 35.5. The average Bonchev–Trinajstić information content (AvgIpc) is 3.00. The van der Waals surface area contributed by atoms with E-state index in [1.54, 1.807) is 33.5 Å². The summed E-state index contributed by atoms with van der Waals surface area (Å²) in [6.07, 6.45) is 9.97. The van der Waals surface area contributed by atoms with E-state index in [-0.39, 0.29) is 23.6 Å². The van der Waals surface area contributed by atoms with Crippen molar-refractivity contribution in [1.29, 1.82) is 0 Å². The maximum atomic E-state index is 14.0. The highest BCUT2D eigenvalue weighted by Gasteiger charge is 2.40. The van der Waals surface area contributed by atoms with E-state index in [9.17, 15) is 13.2 Å². The highest BCUT2D eigenvalue weighted by Crippen LogP contribution is 2.33. The lowest BCUT2D eigenvalue weighted by molar-refractivity contribution is 0.0377. The molecule has 2 aromatic rings. The highest BCUT2D eigenvalue weighted by molar-refractivity contribution is 7.89. The maximum Gasteiger partial charge on any atom is 0.409 e. The molecular formula is C31H42ClN3O4S. The van der Waals surface area contributed by atoms with Crippen LogP contribution in [0.4, 0.5) is 4.79 Å². The Labute approximate surface area is 244 Å². The molecule has 218 valence electrons. The van der Waals surface area contributed by atoms with Crippen molar-refractivity contribution in [1.82, 2.24) is 14.1 Å². The van der Waals surface area contributed by atoms with E-state index in [2.05, 4.69) is 17.0 Å². The first kappa shape index (κ1) is 29.4. The Hall–Kier alpha value is -2.13. The molecule has 7 nitrogen and oxygen atoms in total. The van der Waals surface area contributed by atoms with Gasteiger partial charge in [-0.25, -0.2) is 13.2 Å². The Morgan fingerprint density at radius 3 is 2.20 bits per heavy atom. The summed E-state index contributed by atoms with van der Waals surface area (Å²) in [6, 6.07) is 16.6. The van der Waals surface area contributed by atoms with Gasteiger partial charge in [0.2, 0.25) is 10.0 Å². The molecule has 40 heavy (non-hydrogen) atoms. The van der Waals surface area contributed by atoms with Gasteiger partial charge in [-0.2, -0.15) is 4.31 Å². The van der Waals surface area contributed by atoms with Crippen molar-refractivity contribution in [3.8, 4) is 0 Å². The number of ether oxygens (including phenoxy) is 1. The third-order valence-corrected chi connectivity index (χ3v) is 11.1. The Balaban J connectivity index is 1.25. The Bertz CT molecular complexity index is 1200. The van der Waals surface area contributed by atoms with Crippen molar-refractivity contribution < 1.29 is 17.9 Å². The van der Waals surface area contributed by atoms with Gasteiger partial charge in [-0.15, -0.1) is 0 Å². The molecule has 9 heteroatoms. The zero-order valence-electron chi connectivity index (χ0n) is 23.3. The number of nitrogens with zero attached hydrogens (tertiary/aromatic N) is 3. The van der Waals surface area contributed by atoms with E-state index >= 15 is 0 Å². The Kier molecular flexibility index (Phi) is 10.0. The van der Waals surface area contributed by atoms with E-state index in [4.69, 9.17) is 16.3 Å². The number of aryl methyl sites for hydroxylation is 1. The molecule has 3 fully saturated rings. The molecule has 0 radical (unpaired) electrons. The van der Waals surface area contributed by atoms with Crippen molar-refractivity contribution in [3.05, 3.63) is 65.2 Å². The minimum Gasteiger partial charge on any atom is -0.448 e.